The Kier molecular flexibility index (Phi) is 7.45. The lowest BCUT2D eigenvalue weighted by Gasteiger charge is -2.30. The first-order valence-electron chi connectivity index (χ1n) is 9.65. The molecule has 2 aromatic heterocycles. The lowest BCUT2D eigenvalue weighted by molar-refractivity contribution is 0.200. The van der Waals surface area contributed by atoms with E-state index in [9.17, 15) is 0 Å². The minimum absolute atomic E-state index is 0.160. The Labute approximate surface area is 184 Å². The Bertz CT molecular complexity index is 939. The average molecular weight is 482 g/mol. The number of aromatic nitrogens is 2. The molecule has 3 rings (SSSR count). The van der Waals surface area contributed by atoms with Crippen LogP contribution in [0.5, 0.6) is 0 Å². The van der Waals surface area contributed by atoms with E-state index in [-0.39, 0.29) is 12.1 Å². The summed E-state index contributed by atoms with van der Waals surface area (Å²) >= 11 is 11.5. The Morgan fingerprint density at radius 3 is 2.50 bits per heavy atom. The van der Waals surface area contributed by atoms with E-state index in [1.54, 1.807) is 11.3 Å². The molecular weight excluding hydrogens is 456 g/mol. The third-order valence-corrected chi connectivity index (χ3v) is 6.80. The molecule has 0 fully saturated rings. The van der Waals surface area contributed by atoms with E-state index in [0.717, 1.165) is 57.0 Å². The molecule has 2 atom stereocenters. The maximum Gasteiger partial charge on any atom is 0.170 e. The third kappa shape index (κ3) is 4.92. The van der Waals surface area contributed by atoms with E-state index in [1.807, 2.05) is 24.3 Å². The molecule has 0 aliphatic rings. The normalized spacial score (nSPS) is 14.0. The van der Waals surface area contributed by atoms with Crippen LogP contribution in [0, 0.1) is 0 Å². The number of benzene rings is 1. The molecule has 2 heterocycles. The van der Waals surface area contributed by atoms with Crippen LogP contribution < -0.4 is 5.73 Å². The van der Waals surface area contributed by atoms with Crippen molar-refractivity contribution in [2.45, 2.75) is 45.7 Å². The number of thiophene rings is 1. The molecule has 0 bridgehead atoms. The number of hydrogen-bond donors (Lipinski definition) is 1. The van der Waals surface area contributed by atoms with Gasteiger partial charge in [-0.15, -0.1) is 11.3 Å². The van der Waals surface area contributed by atoms with Crippen LogP contribution in [0.25, 0.3) is 21.6 Å². The quantitative estimate of drug-likeness (QED) is 0.411. The summed E-state index contributed by atoms with van der Waals surface area (Å²) in [4.78, 5) is 13.4. The summed E-state index contributed by atoms with van der Waals surface area (Å²) in [7, 11) is 0. The van der Waals surface area contributed by atoms with Crippen molar-refractivity contribution < 1.29 is 0 Å². The van der Waals surface area contributed by atoms with Crippen molar-refractivity contribution in [3.63, 3.8) is 0 Å². The van der Waals surface area contributed by atoms with E-state index < -0.39 is 0 Å². The highest BCUT2D eigenvalue weighted by molar-refractivity contribution is 9.11. The minimum atomic E-state index is 0.160. The molecule has 2 unspecified atom stereocenters. The topological polar surface area (TPSA) is 55.0 Å². The second-order valence-electron chi connectivity index (χ2n) is 6.99. The molecule has 0 saturated carbocycles. The largest absolute Gasteiger partial charge is 0.328 e. The summed E-state index contributed by atoms with van der Waals surface area (Å²) in [5.74, 6) is 0.749. The highest BCUT2D eigenvalue weighted by Gasteiger charge is 2.24. The van der Waals surface area contributed by atoms with Crippen LogP contribution in [0.1, 0.15) is 45.3 Å². The van der Waals surface area contributed by atoms with Crippen LogP contribution in [0.2, 0.25) is 5.02 Å². The van der Waals surface area contributed by atoms with Gasteiger partial charge in [0.2, 0.25) is 0 Å². The summed E-state index contributed by atoms with van der Waals surface area (Å²) in [6.45, 7) is 8.36. The van der Waals surface area contributed by atoms with Gasteiger partial charge in [0.25, 0.3) is 0 Å². The van der Waals surface area contributed by atoms with Crippen molar-refractivity contribution in [3.05, 3.63) is 44.8 Å². The molecular formula is C21H26BrClN4S. The van der Waals surface area contributed by atoms with Crippen LogP contribution in [-0.4, -0.2) is 34.0 Å². The van der Waals surface area contributed by atoms with E-state index in [4.69, 9.17) is 27.3 Å². The second kappa shape index (κ2) is 9.63. The van der Waals surface area contributed by atoms with Crippen LogP contribution in [-0.2, 0) is 0 Å². The van der Waals surface area contributed by atoms with Crippen LogP contribution in [0.15, 0.2) is 34.1 Å². The van der Waals surface area contributed by atoms with Crippen LogP contribution in [0.3, 0.4) is 0 Å². The number of halogens is 2. The molecule has 0 aliphatic carbocycles. The van der Waals surface area contributed by atoms with Gasteiger partial charge in [0.15, 0.2) is 5.82 Å². The smallest absolute Gasteiger partial charge is 0.170 e. The van der Waals surface area contributed by atoms with Gasteiger partial charge in [-0.3, -0.25) is 4.90 Å². The monoisotopic (exact) mass is 480 g/mol. The van der Waals surface area contributed by atoms with E-state index in [0.29, 0.717) is 5.02 Å². The maximum atomic E-state index is 6.28. The van der Waals surface area contributed by atoms with E-state index in [1.165, 1.54) is 0 Å². The van der Waals surface area contributed by atoms with Gasteiger partial charge in [-0.1, -0.05) is 25.4 Å². The Hall–Kier alpha value is -1.05. The minimum Gasteiger partial charge on any atom is -0.328 e. The molecule has 1 aromatic carbocycles. The van der Waals surface area contributed by atoms with E-state index in [2.05, 4.69) is 47.7 Å². The molecule has 0 saturated heterocycles. The zero-order chi connectivity index (χ0) is 20.3. The van der Waals surface area contributed by atoms with Gasteiger partial charge in [-0.05, 0) is 79.1 Å². The fraction of sp³-hybridized carbons (Fsp3) is 0.429. The summed E-state index contributed by atoms with van der Waals surface area (Å²) < 4.78 is 1.07. The highest BCUT2D eigenvalue weighted by Crippen LogP contribution is 2.35. The Morgan fingerprint density at radius 2 is 1.89 bits per heavy atom. The molecule has 0 spiro atoms. The van der Waals surface area contributed by atoms with Gasteiger partial charge in [-0.25, -0.2) is 9.97 Å². The molecule has 150 valence electrons. The van der Waals surface area contributed by atoms with Crippen molar-refractivity contribution in [3.8, 4) is 10.7 Å². The number of fused-ring (bicyclic) bond motifs is 1. The zero-order valence-electron chi connectivity index (χ0n) is 16.5. The van der Waals surface area contributed by atoms with Gasteiger partial charge in [-0.2, -0.15) is 0 Å². The summed E-state index contributed by atoms with van der Waals surface area (Å²) in [6, 6.07) is 10.3. The van der Waals surface area contributed by atoms with Gasteiger partial charge in [0.1, 0.15) is 0 Å². The summed E-state index contributed by atoms with van der Waals surface area (Å²) in [5.41, 5.74) is 8.03. The molecule has 3 aromatic rings. The number of hydrogen-bond acceptors (Lipinski definition) is 5. The van der Waals surface area contributed by atoms with Gasteiger partial charge >= 0.3 is 0 Å². The first kappa shape index (κ1) is 21.7. The molecule has 7 heteroatoms. The fourth-order valence-electron chi connectivity index (χ4n) is 3.50. The van der Waals surface area contributed by atoms with Crippen molar-refractivity contribution in [1.82, 2.24) is 14.9 Å². The predicted molar refractivity (Wildman–Crippen MR) is 124 cm³/mol. The number of rotatable bonds is 8. The van der Waals surface area contributed by atoms with Crippen molar-refractivity contribution in [1.29, 1.82) is 0 Å². The van der Waals surface area contributed by atoms with Crippen LogP contribution >= 0.6 is 38.9 Å². The standard InChI is InChI=1S/C21H26BrClN4S/c1-4-27(5-2)17(9-6-13(3)24)20-15-8-7-14(23)12-16(15)25-21(26-20)18-10-11-19(22)28-18/h7-8,10-13,17H,4-6,9,24H2,1-3H3. The first-order valence-corrected chi connectivity index (χ1v) is 11.6. The summed E-state index contributed by atoms with van der Waals surface area (Å²) in [5, 5.41) is 1.75. The molecule has 0 radical (unpaired) electrons. The van der Waals surface area contributed by atoms with Gasteiger partial charge in [0.05, 0.1) is 25.9 Å². The van der Waals surface area contributed by atoms with Crippen molar-refractivity contribution in [2.24, 2.45) is 5.73 Å². The first-order chi connectivity index (χ1) is 13.4. The Morgan fingerprint density at radius 1 is 1.14 bits per heavy atom. The molecule has 2 N–H and O–H groups in total. The molecule has 0 amide bonds. The lowest BCUT2D eigenvalue weighted by atomic mass is 9.99. The van der Waals surface area contributed by atoms with Gasteiger partial charge in [0, 0.05) is 16.5 Å². The predicted octanol–water partition coefficient (Wildman–Crippen LogP) is 6.28. The fourth-order valence-corrected chi connectivity index (χ4v) is 4.99. The molecule has 4 nitrogen and oxygen atoms in total. The summed E-state index contributed by atoms with van der Waals surface area (Å²) in [6.07, 6.45) is 1.90. The number of nitrogens with zero attached hydrogens (tertiary/aromatic N) is 3. The maximum absolute atomic E-state index is 6.28. The van der Waals surface area contributed by atoms with E-state index >= 15 is 0 Å². The number of nitrogens with two attached hydrogens (primary N) is 1. The second-order valence-corrected chi connectivity index (χ2v) is 9.89. The average Bonchev–Trinajstić information content (AvgIpc) is 3.10. The third-order valence-electron chi connectivity index (χ3n) is 4.95. The zero-order valence-corrected chi connectivity index (χ0v) is 19.6. The van der Waals surface area contributed by atoms with Crippen molar-refractivity contribution >= 4 is 49.8 Å². The Balaban J connectivity index is 2.19. The SMILES string of the molecule is CCN(CC)C(CCC(C)N)c1nc(-c2ccc(Br)s2)nc2cc(Cl)ccc12. The van der Waals surface area contributed by atoms with Crippen LogP contribution in [0.4, 0.5) is 0 Å². The molecule has 0 aliphatic heterocycles. The highest BCUT2D eigenvalue weighted by atomic mass is 79.9. The van der Waals surface area contributed by atoms with Crippen molar-refractivity contribution in [2.75, 3.05) is 13.1 Å². The molecule has 28 heavy (non-hydrogen) atoms. The van der Waals surface area contributed by atoms with Gasteiger partial charge < -0.3 is 5.73 Å². The lowest BCUT2D eigenvalue weighted by Crippen LogP contribution is -2.31.